The van der Waals surface area contributed by atoms with Crippen molar-refractivity contribution in [1.82, 2.24) is 58.1 Å². The number of nitrogens with zero attached hydrogens (tertiary/aromatic N) is 1. The zero-order valence-corrected chi connectivity index (χ0v) is 68.5. The monoisotopic (exact) mass is 1690 g/mol. The standard InChI is InChI=1S/C77H133N11O30/c1-50(92)84-65-71(107)68(104)53(44-89)116-74(65)113-38-16-12-22-56(95)78-31-19-34-81-59(98)28-41-110-47-77(87-62(101)25-11-9-7-5-4-6-8-10-15-37-88-63(102)26-27-64(88)103,48-111-42-29-60(99)82-35-20-32-79-57(96)23-13-17-39-114-75-66(85-51(2)93)72(108)69(105)54(45-90)117-75)49-112-43-30-61(100)83-36-21-33-80-58(97)24-14-18-40-115-76-67(86-52(3)94)73(109)70(106)55(46-91)118-76/h26-27,53-55,65-76,89-91,104-109H,4-25,28-49H2,1-3H3,(H,78,95)(H,79,96)(H,80,97)(H,81,98)(H,82,99)(H,83,100)(H,84,92)(H,85,93)(H,86,94)(H,87,101)/t53-,54-,55-,65-,66-,67-,68+,69+,70+,71-,72-,73-,74-,75-,76-/m1/s1. The van der Waals surface area contributed by atoms with Gasteiger partial charge in [-0.25, -0.2) is 0 Å². The topological polar surface area (TPSA) is 594 Å². The molecule has 19 N–H and O–H groups in total. The summed E-state index contributed by atoms with van der Waals surface area (Å²) < 4.78 is 52.2. The quantitative estimate of drug-likeness (QED) is 0.0201. The van der Waals surface area contributed by atoms with E-state index >= 15 is 0 Å². The van der Waals surface area contributed by atoms with E-state index in [2.05, 4.69) is 53.2 Å². The number of carbonyl (C=O) groups excluding carboxylic acids is 12. The molecule has 0 bridgehead atoms. The minimum absolute atomic E-state index is 0.0742. The van der Waals surface area contributed by atoms with Gasteiger partial charge < -0.3 is 142 Å². The molecule has 0 aliphatic carbocycles. The van der Waals surface area contributed by atoms with Crippen LogP contribution in [0.15, 0.2) is 12.2 Å². The number of nitrogens with one attached hydrogen (secondary N) is 10. The Bertz CT molecular complexity index is 2780. The first-order chi connectivity index (χ1) is 56.6. The summed E-state index contributed by atoms with van der Waals surface area (Å²) in [6, 6.07) is -3.29. The van der Waals surface area contributed by atoms with Crippen molar-refractivity contribution in [2.45, 2.75) is 279 Å². The second kappa shape index (κ2) is 59.5. The lowest BCUT2D eigenvalue weighted by Gasteiger charge is -2.42. The first-order valence-electron chi connectivity index (χ1n) is 41.3. The molecule has 0 aromatic rings. The minimum Gasteiger partial charge on any atom is -0.394 e. The maximum absolute atomic E-state index is 14.0. The second-order valence-corrected chi connectivity index (χ2v) is 29.8. The molecule has 0 aromatic heterocycles. The van der Waals surface area contributed by atoms with E-state index in [0.717, 1.165) is 51.4 Å². The van der Waals surface area contributed by atoms with Crippen LogP contribution in [0.25, 0.3) is 0 Å². The highest BCUT2D eigenvalue weighted by Gasteiger charge is 2.48. The van der Waals surface area contributed by atoms with E-state index in [-0.39, 0.29) is 197 Å². The van der Waals surface area contributed by atoms with Crippen LogP contribution in [0.4, 0.5) is 0 Å². The number of hydrogen-bond acceptors (Lipinski definition) is 30. The molecule has 118 heavy (non-hydrogen) atoms. The van der Waals surface area contributed by atoms with Gasteiger partial charge in [-0.2, -0.15) is 0 Å². The summed E-state index contributed by atoms with van der Waals surface area (Å²) in [6.07, 6.45) is -1.90. The Kier molecular flexibility index (Phi) is 52.1. The van der Waals surface area contributed by atoms with E-state index in [1.807, 2.05) is 0 Å². The summed E-state index contributed by atoms with van der Waals surface area (Å²) in [7, 11) is 0. The van der Waals surface area contributed by atoms with Crippen LogP contribution in [-0.4, -0.2) is 344 Å². The number of imide groups is 1. The molecule has 4 heterocycles. The average Bonchev–Trinajstić information content (AvgIpc) is 0.835. The van der Waals surface area contributed by atoms with Crippen molar-refractivity contribution < 1.29 is 146 Å². The Labute approximate surface area is 688 Å². The van der Waals surface area contributed by atoms with Crippen molar-refractivity contribution in [2.75, 3.05) is 125 Å². The van der Waals surface area contributed by atoms with Gasteiger partial charge in [-0.1, -0.05) is 44.9 Å². The zero-order valence-electron chi connectivity index (χ0n) is 68.5. The first-order valence-corrected chi connectivity index (χ1v) is 41.3. The molecule has 0 radical (unpaired) electrons. The smallest absolute Gasteiger partial charge is 0.253 e. The van der Waals surface area contributed by atoms with Gasteiger partial charge in [0.2, 0.25) is 59.1 Å². The third kappa shape index (κ3) is 41.4. The van der Waals surface area contributed by atoms with Crippen LogP contribution < -0.4 is 53.2 Å². The zero-order chi connectivity index (χ0) is 86.6. The number of amides is 12. The molecule has 12 amide bonds. The molecule has 4 aliphatic heterocycles. The Morgan fingerprint density at radius 3 is 0.898 bits per heavy atom. The van der Waals surface area contributed by atoms with E-state index in [1.165, 1.54) is 37.8 Å². The molecule has 0 spiro atoms. The Hall–Kier alpha value is -7.14. The minimum atomic E-state index is -1.46. The number of hydrogen-bond donors (Lipinski definition) is 19. The Morgan fingerprint density at radius 1 is 0.347 bits per heavy atom. The van der Waals surface area contributed by atoms with Gasteiger partial charge in [0, 0.05) is 144 Å². The van der Waals surface area contributed by atoms with Crippen molar-refractivity contribution >= 4 is 70.9 Å². The molecule has 41 nitrogen and oxygen atoms in total. The van der Waals surface area contributed by atoms with Crippen molar-refractivity contribution in [1.29, 1.82) is 0 Å². The first kappa shape index (κ1) is 103. The van der Waals surface area contributed by atoms with Gasteiger partial charge in [0.25, 0.3) is 11.8 Å². The molecule has 4 rings (SSSR count). The molecular formula is C77H133N11O30. The summed E-state index contributed by atoms with van der Waals surface area (Å²) in [5, 5.41) is 118. The average molecular weight is 1690 g/mol. The van der Waals surface area contributed by atoms with Crippen LogP contribution >= 0.6 is 0 Å². The number of carbonyl (C=O) groups is 12. The molecule has 0 unspecified atom stereocenters. The summed E-state index contributed by atoms with van der Waals surface area (Å²) in [5.41, 5.74) is -1.43. The third-order valence-corrected chi connectivity index (χ3v) is 19.6. The van der Waals surface area contributed by atoms with Gasteiger partial charge in [-0.3, -0.25) is 62.4 Å². The summed E-state index contributed by atoms with van der Waals surface area (Å²) >= 11 is 0. The van der Waals surface area contributed by atoms with E-state index in [4.69, 9.17) is 42.6 Å². The second-order valence-electron chi connectivity index (χ2n) is 29.8. The molecule has 3 fully saturated rings. The SMILES string of the molecule is CC(=O)N[C@H]1[C@H](OCCCCC(=O)NCCCNC(=O)CCOCC(COCCC(=O)NCCCNC(=O)CCCCO[C@@H]2O[C@H](CO)[C@H](O)[C@H](O)[C@H]2NC(C)=O)(COCCC(=O)NCCCNC(=O)CCCCO[C@@H]2O[C@H](CO)[C@H](O)[C@H](O)[C@H]2NC(C)=O)NC(=O)CCCCCCCCCCCN2C(=O)C=CC2=O)O[C@H](CO)[C@H](O)[C@@H]1O. The largest absolute Gasteiger partial charge is 0.394 e. The molecule has 3 saturated heterocycles. The molecule has 41 heteroatoms. The Morgan fingerprint density at radius 2 is 0.610 bits per heavy atom. The van der Waals surface area contributed by atoms with Crippen LogP contribution in [0.5, 0.6) is 0 Å². The fourth-order valence-electron chi connectivity index (χ4n) is 13.1. The lowest BCUT2D eigenvalue weighted by Crippen LogP contribution is -2.64. The molecule has 0 aromatic carbocycles. The molecule has 4 aliphatic rings. The van der Waals surface area contributed by atoms with Crippen molar-refractivity contribution in [3.05, 3.63) is 12.2 Å². The van der Waals surface area contributed by atoms with Gasteiger partial charge in [0.15, 0.2) is 18.9 Å². The van der Waals surface area contributed by atoms with Crippen LogP contribution in [0, 0.1) is 0 Å². The Balaban J connectivity index is 1.28. The van der Waals surface area contributed by atoms with Gasteiger partial charge in [0.05, 0.1) is 59.5 Å². The summed E-state index contributed by atoms with van der Waals surface area (Å²) in [4.78, 5) is 151. The van der Waals surface area contributed by atoms with Crippen LogP contribution in [0.1, 0.15) is 181 Å². The third-order valence-electron chi connectivity index (χ3n) is 19.6. The van der Waals surface area contributed by atoms with Gasteiger partial charge in [0.1, 0.15) is 78.6 Å². The fourth-order valence-corrected chi connectivity index (χ4v) is 13.1. The molecular weight excluding hydrogens is 1560 g/mol. The molecule has 676 valence electrons. The fraction of sp³-hybridized carbons (Fsp3) is 0.818. The van der Waals surface area contributed by atoms with Gasteiger partial charge in [-0.05, 0) is 70.6 Å². The lowest BCUT2D eigenvalue weighted by molar-refractivity contribution is -0.270. The number of unbranched alkanes of at least 4 members (excludes halogenated alkanes) is 11. The molecule has 0 saturated carbocycles. The van der Waals surface area contributed by atoms with Gasteiger partial charge >= 0.3 is 0 Å². The lowest BCUT2D eigenvalue weighted by atomic mass is 9.97. The van der Waals surface area contributed by atoms with E-state index in [9.17, 15) is 103 Å². The van der Waals surface area contributed by atoms with Crippen LogP contribution in [-0.2, 0) is 100 Å². The highest BCUT2D eigenvalue weighted by atomic mass is 16.7. The van der Waals surface area contributed by atoms with Gasteiger partial charge in [-0.15, -0.1) is 0 Å². The maximum atomic E-state index is 14.0. The summed E-state index contributed by atoms with van der Waals surface area (Å²) in [5.74, 6) is -4.33. The normalized spacial score (nSPS) is 23.7. The highest BCUT2D eigenvalue weighted by Crippen LogP contribution is 2.26. The predicted octanol–water partition coefficient (Wildman–Crippen LogP) is -4.85. The molecule has 15 atom stereocenters. The van der Waals surface area contributed by atoms with Crippen molar-refractivity contribution in [3.63, 3.8) is 0 Å². The van der Waals surface area contributed by atoms with E-state index < -0.39 is 135 Å². The number of ether oxygens (including phenoxy) is 9. The van der Waals surface area contributed by atoms with Crippen molar-refractivity contribution in [2.24, 2.45) is 0 Å². The summed E-state index contributed by atoms with van der Waals surface area (Å²) in [6.45, 7) is 2.70. The van der Waals surface area contributed by atoms with E-state index in [1.54, 1.807) is 0 Å². The number of aliphatic hydroxyl groups excluding tert-OH is 9. The maximum Gasteiger partial charge on any atom is 0.253 e. The van der Waals surface area contributed by atoms with Crippen LogP contribution in [0.2, 0.25) is 0 Å². The number of aliphatic hydroxyl groups is 9. The number of rotatable bonds is 64. The predicted molar refractivity (Wildman–Crippen MR) is 417 cm³/mol. The highest BCUT2D eigenvalue weighted by molar-refractivity contribution is 6.12. The van der Waals surface area contributed by atoms with E-state index in [0.29, 0.717) is 70.8 Å². The van der Waals surface area contributed by atoms with Crippen LogP contribution in [0.3, 0.4) is 0 Å². The van der Waals surface area contributed by atoms with Crippen molar-refractivity contribution in [3.8, 4) is 0 Å².